The molecule has 3 nitrogen and oxygen atoms in total. The molecule has 0 amide bonds. The van der Waals surface area contributed by atoms with E-state index in [0.717, 1.165) is 16.9 Å². The first-order chi connectivity index (χ1) is 9.67. The van der Waals surface area contributed by atoms with Gasteiger partial charge in [-0.1, -0.05) is 24.3 Å². The molecule has 2 aromatic carbocycles. The van der Waals surface area contributed by atoms with Gasteiger partial charge in [0.2, 0.25) is 0 Å². The number of carbonyl (C=O) groups excluding carboxylic acids is 1. The van der Waals surface area contributed by atoms with E-state index in [9.17, 15) is 4.79 Å². The minimum atomic E-state index is 0.149. The predicted molar refractivity (Wildman–Crippen MR) is 76.3 cm³/mol. The van der Waals surface area contributed by atoms with E-state index in [-0.39, 0.29) is 5.78 Å². The lowest BCUT2D eigenvalue weighted by Crippen LogP contribution is -1.98. The van der Waals surface area contributed by atoms with Gasteiger partial charge in [0, 0.05) is 6.42 Å². The maximum Gasteiger partial charge on any atom is 0.134 e. The van der Waals surface area contributed by atoms with Crippen molar-refractivity contribution >= 4 is 5.78 Å². The highest BCUT2D eigenvalue weighted by molar-refractivity contribution is 5.78. The van der Waals surface area contributed by atoms with Crippen molar-refractivity contribution in [3.8, 4) is 11.8 Å². The van der Waals surface area contributed by atoms with E-state index in [1.165, 1.54) is 0 Å². The van der Waals surface area contributed by atoms with Gasteiger partial charge in [-0.2, -0.15) is 5.26 Å². The molecule has 2 aromatic rings. The number of hydrogen-bond acceptors (Lipinski definition) is 3. The van der Waals surface area contributed by atoms with E-state index in [4.69, 9.17) is 10.00 Å². The summed E-state index contributed by atoms with van der Waals surface area (Å²) in [4.78, 5) is 11.0. The number of Topliss-reactive ketones (excluding diaryl/α,β-unsaturated/α-hetero) is 1. The maximum atomic E-state index is 11.0. The van der Waals surface area contributed by atoms with E-state index >= 15 is 0 Å². The zero-order valence-electron chi connectivity index (χ0n) is 11.3. The number of ketones is 1. The molecule has 0 N–H and O–H groups in total. The summed E-state index contributed by atoms with van der Waals surface area (Å²) in [6.45, 7) is 2.03. The summed E-state index contributed by atoms with van der Waals surface area (Å²) in [6, 6.07) is 16.9. The summed E-state index contributed by atoms with van der Waals surface area (Å²) in [5, 5.41) is 8.72. The van der Waals surface area contributed by atoms with Crippen LogP contribution in [0.2, 0.25) is 0 Å². The lowest BCUT2D eigenvalue weighted by molar-refractivity contribution is -0.116. The Morgan fingerprint density at radius 3 is 2.20 bits per heavy atom. The summed E-state index contributed by atoms with van der Waals surface area (Å²) in [7, 11) is 0. The van der Waals surface area contributed by atoms with Crippen LogP contribution in [-0.4, -0.2) is 5.78 Å². The van der Waals surface area contributed by atoms with Crippen LogP contribution in [0, 0.1) is 11.3 Å². The van der Waals surface area contributed by atoms with Gasteiger partial charge in [0.1, 0.15) is 18.1 Å². The van der Waals surface area contributed by atoms with Crippen LogP contribution in [0.3, 0.4) is 0 Å². The largest absolute Gasteiger partial charge is 0.489 e. The first-order valence-electron chi connectivity index (χ1n) is 6.37. The second-order valence-corrected chi connectivity index (χ2v) is 4.62. The van der Waals surface area contributed by atoms with Gasteiger partial charge in [0.15, 0.2) is 0 Å². The van der Waals surface area contributed by atoms with Crippen LogP contribution in [0.4, 0.5) is 0 Å². The molecule has 0 radical (unpaired) electrons. The molecule has 0 fully saturated rings. The van der Waals surface area contributed by atoms with Crippen LogP contribution >= 0.6 is 0 Å². The minimum Gasteiger partial charge on any atom is -0.489 e. The molecule has 20 heavy (non-hydrogen) atoms. The number of benzene rings is 2. The van der Waals surface area contributed by atoms with Crippen LogP contribution in [0.25, 0.3) is 0 Å². The molecular weight excluding hydrogens is 250 g/mol. The molecular formula is C17H15NO2. The first kappa shape index (κ1) is 13.8. The van der Waals surface area contributed by atoms with Crippen LogP contribution in [0.1, 0.15) is 23.6 Å². The van der Waals surface area contributed by atoms with E-state index in [1.54, 1.807) is 19.1 Å². The third-order valence-corrected chi connectivity index (χ3v) is 2.86. The summed E-state index contributed by atoms with van der Waals surface area (Å²) < 4.78 is 5.66. The molecule has 0 saturated carbocycles. The van der Waals surface area contributed by atoms with E-state index in [1.807, 2.05) is 36.4 Å². The van der Waals surface area contributed by atoms with Gasteiger partial charge in [0.05, 0.1) is 11.6 Å². The maximum absolute atomic E-state index is 11.0. The third kappa shape index (κ3) is 3.96. The Kier molecular flexibility index (Phi) is 4.52. The van der Waals surface area contributed by atoms with Crippen LogP contribution in [0.5, 0.6) is 5.75 Å². The second-order valence-electron chi connectivity index (χ2n) is 4.62. The quantitative estimate of drug-likeness (QED) is 0.833. The van der Waals surface area contributed by atoms with Crippen LogP contribution in [-0.2, 0) is 17.8 Å². The van der Waals surface area contributed by atoms with Gasteiger partial charge in [-0.25, -0.2) is 0 Å². The fourth-order valence-corrected chi connectivity index (χ4v) is 1.83. The van der Waals surface area contributed by atoms with Crippen molar-refractivity contribution in [3.63, 3.8) is 0 Å². The zero-order valence-corrected chi connectivity index (χ0v) is 11.3. The lowest BCUT2D eigenvalue weighted by atomic mass is 10.1. The Morgan fingerprint density at radius 1 is 1.05 bits per heavy atom. The molecule has 100 valence electrons. The number of ether oxygens (including phenoxy) is 1. The summed E-state index contributed by atoms with van der Waals surface area (Å²) in [6.07, 6.45) is 0.454. The normalized spacial score (nSPS) is 9.80. The zero-order chi connectivity index (χ0) is 14.4. The van der Waals surface area contributed by atoms with Gasteiger partial charge < -0.3 is 4.74 Å². The molecule has 0 bridgehead atoms. The summed E-state index contributed by atoms with van der Waals surface area (Å²) >= 11 is 0. The molecule has 0 saturated heterocycles. The fourth-order valence-electron chi connectivity index (χ4n) is 1.83. The van der Waals surface area contributed by atoms with E-state index in [2.05, 4.69) is 6.07 Å². The smallest absolute Gasteiger partial charge is 0.134 e. The molecule has 3 heteroatoms. The number of rotatable bonds is 5. The monoisotopic (exact) mass is 265 g/mol. The molecule has 0 aliphatic rings. The molecule has 0 aromatic heterocycles. The molecule has 0 heterocycles. The third-order valence-electron chi connectivity index (χ3n) is 2.86. The van der Waals surface area contributed by atoms with Crippen molar-refractivity contribution in [3.05, 3.63) is 65.2 Å². The molecule has 0 aliphatic carbocycles. The summed E-state index contributed by atoms with van der Waals surface area (Å²) in [5.41, 5.74) is 2.64. The predicted octanol–water partition coefficient (Wildman–Crippen LogP) is 3.27. The average Bonchev–Trinajstić information content (AvgIpc) is 2.46. The van der Waals surface area contributed by atoms with Crippen LogP contribution in [0.15, 0.2) is 48.5 Å². The Labute approximate surface area is 118 Å². The van der Waals surface area contributed by atoms with E-state index < -0.39 is 0 Å². The van der Waals surface area contributed by atoms with Gasteiger partial charge in [-0.05, 0) is 42.3 Å². The highest BCUT2D eigenvalue weighted by atomic mass is 16.5. The Balaban J connectivity index is 1.93. The Hall–Kier alpha value is -2.60. The standard InChI is InChI=1S/C17H15NO2/c1-13(19)10-14-6-8-17(9-7-14)20-12-16-4-2-15(11-18)3-5-16/h2-9H,10,12H2,1H3. The molecule has 0 unspecified atom stereocenters. The SMILES string of the molecule is CC(=O)Cc1ccc(OCc2ccc(C#N)cc2)cc1. The molecule has 0 spiro atoms. The van der Waals surface area contributed by atoms with Crippen molar-refractivity contribution in [1.82, 2.24) is 0 Å². The fraction of sp³-hybridized carbons (Fsp3) is 0.176. The first-order valence-corrected chi connectivity index (χ1v) is 6.37. The molecule has 2 rings (SSSR count). The number of hydrogen-bond donors (Lipinski definition) is 0. The van der Waals surface area contributed by atoms with Gasteiger partial charge >= 0.3 is 0 Å². The average molecular weight is 265 g/mol. The van der Waals surface area contributed by atoms with Crippen molar-refractivity contribution in [2.75, 3.05) is 0 Å². The van der Waals surface area contributed by atoms with Crippen molar-refractivity contribution in [2.24, 2.45) is 0 Å². The molecule has 0 aliphatic heterocycles. The lowest BCUT2D eigenvalue weighted by Gasteiger charge is -2.07. The second kappa shape index (κ2) is 6.53. The highest BCUT2D eigenvalue weighted by Gasteiger charge is 2.00. The van der Waals surface area contributed by atoms with Crippen molar-refractivity contribution < 1.29 is 9.53 Å². The minimum absolute atomic E-state index is 0.149. The number of nitriles is 1. The summed E-state index contributed by atoms with van der Waals surface area (Å²) in [5.74, 6) is 0.915. The Bertz CT molecular complexity index is 622. The van der Waals surface area contributed by atoms with Crippen LogP contribution < -0.4 is 4.74 Å². The van der Waals surface area contributed by atoms with Crippen molar-refractivity contribution in [1.29, 1.82) is 5.26 Å². The number of nitrogens with zero attached hydrogens (tertiary/aromatic N) is 1. The van der Waals surface area contributed by atoms with Gasteiger partial charge in [0.25, 0.3) is 0 Å². The Morgan fingerprint density at radius 2 is 1.65 bits per heavy atom. The topological polar surface area (TPSA) is 50.1 Å². The molecule has 0 atom stereocenters. The van der Waals surface area contributed by atoms with Gasteiger partial charge in [-0.15, -0.1) is 0 Å². The highest BCUT2D eigenvalue weighted by Crippen LogP contribution is 2.15. The number of carbonyl (C=O) groups is 1. The van der Waals surface area contributed by atoms with E-state index in [0.29, 0.717) is 18.6 Å². The van der Waals surface area contributed by atoms with Crippen molar-refractivity contribution in [2.45, 2.75) is 20.0 Å². The van der Waals surface area contributed by atoms with Gasteiger partial charge in [-0.3, -0.25) is 4.79 Å².